The summed E-state index contributed by atoms with van der Waals surface area (Å²) >= 11 is 3.16. The van der Waals surface area contributed by atoms with Crippen LogP contribution in [0.15, 0.2) is 22.7 Å². The molecule has 0 aromatic heterocycles. The fourth-order valence-corrected chi connectivity index (χ4v) is 1.47. The Labute approximate surface area is 90.6 Å². The number of nitrogens with one attached hydrogen (secondary N) is 1. The molecule has 14 heavy (non-hydrogen) atoms. The molecule has 0 saturated heterocycles. The topological polar surface area (TPSA) is 29.1 Å². The van der Waals surface area contributed by atoms with Gasteiger partial charge in [-0.2, -0.15) is 0 Å². The monoisotopic (exact) mass is 259 g/mol. The van der Waals surface area contributed by atoms with Gasteiger partial charge in [-0.25, -0.2) is 4.39 Å². The fourth-order valence-electron chi connectivity index (χ4n) is 1.14. The van der Waals surface area contributed by atoms with E-state index in [1.807, 2.05) is 0 Å². The number of rotatable bonds is 4. The van der Waals surface area contributed by atoms with Crippen LogP contribution in [-0.2, 0) is 11.2 Å². The zero-order valence-corrected chi connectivity index (χ0v) is 9.40. The summed E-state index contributed by atoms with van der Waals surface area (Å²) < 4.78 is 13.9. The molecule has 0 unspecified atom stereocenters. The molecule has 0 amide bonds. The van der Waals surface area contributed by atoms with Crippen molar-refractivity contribution >= 4 is 21.7 Å². The van der Waals surface area contributed by atoms with Gasteiger partial charge in [0.15, 0.2) is 5.78 Å². The molecule has 2 nitrogen and oxygen atoms in total. The minimum absolute atomic E-state index is 0.0197. The van der Waals surface area contributed by atoms with Gasteiger partial charge in [-0.3, -0.25) is 4.79 Å². The number of halogens is 2. The summed E-state index contributed by atoms with van der Waals surface area (Å²) in [5.41, 5.74) is 0.438. The van der Waals surface area contributed by atoms with E-state index < -0.39 is 0 Å². The van der Waals surface area contributed by atoms with E-state index in [1.54, 1.807) is 19.2 Å². The van der Waals surface area contributed by atoms with E-state index in [9.17, 15) is 9.18 Å². The molecule has 0 aliphatic rings. The lowest BCUT2D eigenvalue weighted by Gasteiger charge is -2.02. The molecule has 0 aliphatic heterocycles. The van der Waals surface area contributed by atoms with Crippen LogP contribution in [0.3, 0.4) is 0 Å². The second-order valence-corrected chi connectivity index (χ2v) is 3.90. The molecule has 0 fully saturated rings. The van der Waals surface area contributed by atoms with E-state index in [-0.39, 0.29) is 24.6 Å². The summed E-state index contributed by atoms with van der Waals surface area (Å²) in [5, 5.41) is 2.74. The lowest BCUT2D eigenvalue weighted by atomic mass is 10.1. The third-order valence-electron chi connectivity index (χ3n) is 1.78. The first-order chi connectivity index (χ1) is 6.63. The molecule has 76 valence electrons. The highest BCUT2D eigenvalue weighted by atomic mass is 79.9. The van der Waals surface area contributed by atoms with Crippen LogP contribution < -0.4 is 5.32 Å². The van der Waals surface area contributed by atoms with Gasteiger partial charge < -0.3 is 5.32 Å². The van der Waals surface area contributed by atoms with E-state index in [2.05, 4.69) is 21.2 Å². The fraction of sp³-hybridized carbons (Fsp3) is 0.300. The molecule has 0 spiro atoms. The number of hydrogen-bond acceptors (Lipinski definition) is 2. The summed E-state index contributed by atoms with van der Waals surface area (Å²) in [6.07, 6.45) is 0.139. The molecule has 0 aliphatic carbocycles. The smallest absolute Gasteiger partial charge is 0.151 e. The molecular formula is C10H11BrFNO. The maximum Gasteiger partial charge on any atom is 0.151 e. The molecule has 0 bridgehead atoms. The van der Waals surface area contributed by atoms with Crippen molar-refractivity contribution in [2.75, 3.05) is 13.6 Å². The lowest BCUT2D eigenvalue weighted by molar-refractivity contribution is -0.117. The summed E-state index contributed by atoms with van der Waals surface area (Å²) in [7, 11) is 1.69. The average molecular weight is 260 g/mol. The maximum atomic E-state index is 13.2. The Morgan fingerprint density at radius 1 is 1.57 bits per heavy atom. The Morgan fingerprint density at radius 2 is 2.29 bits per heavy atom. The highest BCUT2D eigenvalue weighted by molar-refractivity contribution is 9.10. The third-order valence-corrected chi connectivity index (χ3v) is 2.27. The Kier molecular flexibility index (Phi) is 4.22. The van der Waals surface area contributed by atoms with E-state index in [0.717, 1.165) is 0 Å². The van der Waals surface area contributed by atoms with Gasteiger partial charge >= 0.3 is 0 Å². The van der Waals surface area contributed by atoms with Gasteiger partial charge in [0, 0.05) is 10.9 Å². The number of carbonyl (C=O) groups is 1. The molecular weight excluding hydrogens is 249 g/mol. The standard InChI is InChI=1S/C10H11BrFNO/c1-13-6-9(14)4-7-2-3-8(11)5-10(7)12/h2-3,5,13H,4,6H2,1H3. The summed E-state index contributed by atoms with van der Waals surface area (Å²) in [6.45, 7) is 0.273. The lowest BCUT2D eigenvalue weighted by Crippen LogP contribution is -2.20. The van der Waals surface area contributed by atoms with Crippen LogP contribution in [0.25, 0.3) is 0 Å². The minimum Gasteiger partial charge on any atom is -0.313 e. The van der Waals surface area contributed by atoms with Crippen LogP contribution in [0.2, 0.25) is 0 Å². The quantitative estimate of drug-likeness (QED) is 0.896. The van der Waals surface area contributed by atoms with Crippen LogP contribution in [-0.4, -0.2) is 19.4 Å². The molecule has 0 atom stereocenters. The van der Waals surface area contributed by atoms with Crippen molar-refractivity contribution in [1.82, 2.24) is 5.32 Å². The summed E-state index contributed by atoms with van der Waals surface area (Å²) in [4.78, 5) is 11.2. The largest absolute Gasteiger partial charge is 0.313 e. The van der Waals surface area contributed by atoms with E-state index in [4.69, 9.17) is 0 Å². The molecule has 0 heterocycles. The average Bonchev–Trinajstić information content (AvgIpc) is 2.10. The van der Waals surface area contributed by atoms with Crippen molar-refractivity contribution in [1.29, 1.82) is 0 Å². The SMILES string of the molecule is CNCC(=O)Cc1ccc(Br)cc1F. The molecule has 1 rings (SSSR count). The van der Waals surface area contributed by atoms with Gasteiger partial charge in [0.05, 0.1) is 6.54 Å². The number of carbonyl (C=O) groups excluding carboxylic acids is 1. The highest BCUT2D eigenvalue weighted by Gasteiger charge is 2.07. The molecule has 1 N–H and O–H groups in total. The minimum atomic E-state index is -0.344. The van der Waals surface area contributed by atoms with E-state index in [0.29, 0.717) is 10.0 Å². The van der Waals surface area contributed by atoms with Gasteiger partial charge in [0.25, 0.3) is 0 Å². The van der Waals surface area contributed by atoms with E-state index in [1.165, 1.54) is 6.07 Å². The van der Waals surface area contributed by atoms with Crippen LogP contribution in [0.1, 0.15) is 5.56 Å². The number of likely N-dealkylation sites (N-methyl/N-ethyl adjacent to an activating group) is 1. The molecule has 1 aromatic rings. The Morgan fingerprint density at radius 3 is 2.86 bits per heavy atom. The maximum absolute atomic E-state index is 13.2. The van der Waals surface area contributed by atoms with Crippen LogP contribution in [0.5, 0.6) is 0 Å². The van der Waals surface area contributed by atoms with Gasteiger partial charge in [0.1, 0.15) is 5.82 Å². The molecule has 1 aromatic carbocycles. The number of hydrogen-bond donors (Lipinski definition) is 1. The molecule has 0 saturated carbocycles. The molecule has 4 heteroatoms. The predicted octanol–water partition coefficient (Wildman–Crippen LogP) is 1.92. The third kappa shape index (κ3) is 3.20. The zero-order chi connectivity index (χ0) is 10.6. The Balaban J connectivity index is 2.72. The van der Waals surface area contributed by atoms with Crippen LogP contribution in [0, 0.1) is 5.82 Å². The van der Waals surface area contributed by atoms with Crippen LogP contribution in [0.4, 0.5) is 4.39 Å². The first kappa shape index (κ1) is 11.3. The Bertz CT molecular complexity index is 341. The first-order valence-corrected chi connectivity index (χ1v) is 5.03. The van der Waals surface area contributed by atoms with Gasteiger partial charge in [-0.1, -0.05) is 22.0 Å². The van der Waals surface area contributed by atoms with E-state index >= 15 is 0 Å². The second-order valence-electron chi connectivity index (χ2n) is 2.98. The van der Waals surface area contributed by atoms with Crippen molar-refractivity contribution in [3.05, 3.63) is 34.1 Å². The second kappa shape index (κ2) is 5.22. The van der Waals surface area contributed by atoms with Gasteiger partial charge in [-0.15, -0.1) is 0 Å². The summed E-state index contributed by atoms with van der Waals surface area (Å²) in [5.74, 6) is -0.363. The number of ketones is 1. The first-order valence-electron chi connectivity index (χ1n) is 4.23. The van der Waals surface area contributed by atoms with Crippen molar-refractivity contribution in [3.8, 4) is 0 Å². The van der Waals surface area contributed by atoms with Crippen molar-refractivity contribution in [2.24, 2.45) is 0 Å². The van der Waals surface area contributed by atoms with Gasteiger partial charge in [0.2, 0.25) is 0 Å². The number of benzene rings is 1. The van der Waals surface area contributed by atoms with Gasteiger partial charge in [-0.05, 0) is 24.7 Å². The molecule has 0 radical (unpaired) electrons. The van der Waals surface area contributed by atoms with Crippen molar-refractivity contribution in [2.45, 2.75) is 6.42 Å². The van der Waals surface area contributed by atoms with Crippen molar-refractivity contribution < 1.29 is 9.18 Å². The summed E-state index contributed by atoms with van der Waals surface area (Å²) in [6, 6.07) is 4.71. The van der Waals surface area contributed by atoms with Crippen molar-refractivity contribution in [3.63, 3.8) is 0 Å². The predicted molar refractivity (Wildman–Crippen MR) is 56.7 cm³/mol. The van der Waals surface area contributed by atoms with Crippen LogP contribution >= 0.6 is 15.9 Å². The number of Topliss-reactive ketones (excluding diaryl/α,β-unsaturated/α-hetero) is 1. The normalized spacial score (nSPS) is 10.2. The Hall–Kier alpha value is -0.740. The zero-order valence-electron chi connectivity index (χ0n) is 7.81. The highest BCUT2D eigenvalue weighted by Crippen LogP contribution is 2.15.